The van der Waals surface area contributed by atoms with E-state index in [9.17, 15) is 0 Å². The van der Waals surface area contributed by atoms with Crippen LogP contribution in [0.15, 0.2) is 72.6 Å². The van der Waals surface area contributed by atoms with Crippen LogP contribution in [0.1, 0.15) is 16.8 Å². The smallest absolute Gasteiger partial charge is 0.136 e. The van der Waals surface area contributed by atoms with Gasteiger partial charge >= 0.3 is 0 Å². The molecule has 6 heteroatoms. The number of fused-ring (bicyclic) bond motifs is 2. The highest BCUT2D eigenvalue weighted by atomic mass is 15.4. The number of hydrogen-bond donors (Lipinski definition) is 0. The number of benzene rings is 1. The van der Waals surface area contributed by atoms with E-state index in [0.717, 1.165) is 47.5 Å². The van der Waals surface area contributed by atoms with Crippen molar-refractivity contribution in [1.29, 1.82) is 0 Å². The molecule has 4 aromatic rings. The largest absolute Gasteiger partial charge is 0.307 e. The van der Waals surface area contributed by atoms with Crippen molar-refractivity contribution >= 4 is 11.9 Å². The third-order valence-corrected chi connectivity index (χ3v) is 4.81. The number of hydrogen-bond acceptors (Lipinski definition) is 5. The van der Waals surface area contributed by atoms with E-state index in [-0.39, 0.29) is 0 Å². The van der Waals surface area contributed by atoms with Gasteiger partial charge in [0.05, 0.1) is 18.5 Å². The Bertz CT molecular complexity index is 1080. The van der Waals surface area contributed by atoms with Crippen molar-refractivity contribution in [3.05, 3.63) is 84.3 Å². The summed E-state index contributed by atoms with van der Waals surface area (Å²) >= 11 is 0. The molecule has 132 valence electrons. The number of imidazole rings is 1. The molecule has 3 aromatic heterocycles. The van der Waals surface area contributed by atoms with Crippen molar-refractivity contribution in [2.24, 2.45) is 5.10 Å². The summed E-state index contributed by atoms with van der Waals surface area (Å²) in [6, 6.07) is 12.4. The molecule has 0 atom stereocenters. The molecule has 1 aromatic carbocycles. The summed E-state index contributed by atoms with van der Waals surface area (Å²) in [6.07, 6.45) is 12.2. The maximum Gasteiger partial charge on any atom is 0.136 e. The molecule has 0 spiro atoms. The van der Waals surface area contributed by atoms with Crippen molar-refractivity contribution in [1.82, 2.24) is 24.4 Å². The van der Waals surface area contributed by atoms with Gasteiger partial charge in [-0.3, -0.25) is 5.01 Å². The van der Waals surface area contributed by atoms with Crippen LogP contribution in [-0.2, 0) is 13.0 Å². The number of pyridine rings is 1. The molecule has 0 radical (unpaired) electrons. The van der Waals surface area contributed by atoms with E-state index >= 15 is 0 Å². The van der Waals surface area contributed by atoms with E-state index in [2.05, 4.69) is 53.9 Å². The van der Waals surface area contributed by atoms with Gasteiger partial charge in [0.25, 0.3) is 0 Å². The molecule has 0 bridgehead atoms. The molecule has 0 N–H and O–H groups in total. The molecule has 1 aliphatic heterocycles. The number of nitrogens with zero attached hydrogens (tertiary/aromatic N) is 6. The van der Waals surface area contributed by atoms with E-state index in [1.165, 1.54) is 5.56 Å². The fourth-order valence-corrected chi connectivity index (χ4v) is 3.46. The molecule has 4 heterocycles. The van der Waals surface area contributed by atoms with E-state index in [1.54, 1.807) is 6.33 Å². The number of rotatable bonds is 4. The Labute approximate surface area is 156 Å². The van der Waals surface area contributed by atoms with Crippen LogP contribution in [0.4, 0.5) is 0 Å². The maximum absolute atomic E-state index is 4.67. The van der Waals surface area contributed by atoms with Gasteiger partial charge < -0.3 is 4.40 Å². The average molecular weight is 354 g/mol. The van der Waals surface area contributed by atoms with Crippen LogP contribution in [0.25, 0.3) is 16.8 Å². The molecule has 0 saturated heterocycles. The normalized spacial score (nSPS) is 13.1. The Hall–Kier alpha value is -3.54. The first-order valence-corrected chi connectivity index (χ1v) is 8.96. The highest BCUT2D eigenvalue weighted by Crippen LogP contribution is 2.27. The molecule has 27 heavy (non-hydrogen) atoms. The second kappa shape index (κ2) is 6.64. The lowest BCUT2D eigenvalue weighted by Crippen LogP contribution is -2.24. The standard InChI is InChI=1S/C21H18N6/c1-2-8-26-14-18(25-21(26)6-1)7-9-27-13-16-4-3-5-19(20(16)12-24-27)17-10-22-15-23-11-17/h1-6,8,10-12,14-15H,7,9,13H2. The summed E-state index contributed by atoms with van der Waals surface area (Å²) in [5.41, 5.74) is 6.61. The van der Waals surface area contributed by atoms with Gasteiger partial charge in [-0.15, -0.1) is 0 Å². The van der Waals surface area contributed by atoms with E-state index in [0.29, 0.717) is 0 Å². The lowest BCUT2D eigenvalue weighted by molar-refractivity contribution is 0.280. The Kier molecular flexibility index (Phi) is 3.86. The maximum atomic E-state index is 4.67. The SMILES string of the molecule is C1=NN(CCc2cn3ccccc3n2)Cc2cccc(-c3cncnc3)c21. The second-order valence-electron chi connectivity index (χ2n) is 6.59. The molecule has 6 nitrogen and oxygen atoms in total. The molecule has 0 amide bonds. The number of aromatic nitrogens is 4. The summed E-state index contributed by atoms with van der Waals surface area (Å²) in [6.45, 7) is 1.62. The molecule has 0 aliphatic carbocycles. The van der Waals surface area contributed by atoms with Gasteiger partial charge in [-0.05, 0) is 23.3 Å². The van der Waals surface area contributed by atoms with Crippen LogP contribution in [-0.4, -0.2) is 37.1 Å². The van der Waals surface area contributed by atoms with Gasteiger partial charge in [0, 0.05) is 48.9 Å². The summed E-state index contributed by atoms with van der Waals surface area (Å²) in [5.74, 6) is 0. The van der Waals surface area contributed by atoms with Crippen molar-refractivity contribution in [3.63, 3.8) is 0 Å². The van der Waals surface area contributed by atoms with Crippen LogP contribution >= 0.6 is 0 Å². The minimum atomic E-state index is 0.792. The van der Waals surface area contributed by atoms with Gasteiger partial charge in [-0.2, -0.15) is 5.10 Å². The predicted molar refractivity (Wildman–Crippen MR) is 104 cm³/mol. The van der Waals surface area contributed by atoms with E-state index in [4.69, 9.17) is 0 Å². The monoisotopic (exact) mass is 354 g/mol. The van der Waals surface area contributed by atoms with Crippen molar-refractivity contribution < 1.29 is 0 Å². The minimum absolute atomic E-state index is 0.792. The van der Waals surface area contributed by atoms with Gasteiger partial charge in [0.2, 0.25) is 0 Å². The lowest BCUT2D eigenvalue weighted by Gasteiger charge is -2.25. The third-order valence-electron chi connectivity index (χ3n) is 4.81. The predicted octanol–water partition coefficient (Wildman–Crippen LogP) is 3.18. The summed E-state index contributed by atoms with van der Waals surface area (Å²) < 4.78 is 2.05. The van der Waals surface area contributed by atoms with Gasteiger partial charge in [-0.1, -0.05) is 24.3 Å². The fraction of sp³-hybridized carbons (Fsp3) is 0.143. The van der Waals surface area contributed by atoms with Crippen LogP contribution in [0.3, 0.4) is 0 Å². The summed E-state index contributed by atoms with van der Waals surface area (Å²) in [5, 5.41) is 6.75. The molecule has 0 unspecified atom stereocenters. The summed E-state index contributed by atoms with van der Waals surface area (Å²) in [7, 11) is 0. The van der Waals surface area contributed by atoms with Crippen LogP contribution in [0, 0.1) is 0 Å². The first kappa shape index (κ1) is 15.7. The van der Waals surface area contributed by atoms with Crippen molar-refractivity contribution in [2.75, 3.05) is 6.54 Å². The van der Waals surface area contributed by atoms with Gasteiger partial charge in [0.15, 0.2) is 0 Å². The van der Waals surface area contributed by atoms with Crippen molar-refractivity contribution in [2.45, 2.75) is 13.0 Å². The fourth-order valence-electron chi connectivity index (χ4n) is 3.46. The Balaban J connectivity index is 1.34. The molecule has 0 saturated carbocycles. The van der Waals surface area contributed by atoms with Crippen LogP contribution < -0.4 is 0 Å². The Morgan fingerprint density at radius 1 is 1.00 bits per heavy atom. The summed E-state index contributed by atoms with van der Waals surface area (Å²) in [4.78, 5) is 12.9. The zero-order valence-corrected chi connectivity index (χ0v) is 14.7. The average Bonchev–Trinajstić information content (AvgIpc) is 3.15. The first-order chi connectivity index (χ1) is 13.4. The third kappa shape index (κ3) is 3.06. The highest BCUT2D eigenvalue weighted by Gasteiger charge is 2.16. The molecule has 0 fully saturated rings. The quantitative estimate of drug-likeness (QED) is 0.565. The Morgan fingerprint density at radius 3 is 2.81 bits per heavy atom. The van der Waals surface area contributed by atoms with Crippen LogP contribution in [0.2, 0.25) is 0 Å². The van der Waals surface area contributed by atoms with E-state index in [1.807, 2.05) is 43.0 Å². The first-order valence-electron chi connectivity index (χ1n) is 8.96. The van der Waals surface area contributed by atoms with Gasteiger partial charge in [-0.25, -0.2) is 15.0 Å². The minimum Gasteiger partial charge on any atom is -0.307 e. The lowest BCUT2D eigenvalue weighted by atomic mass is 9.97. The zero-order valence-electron chi connectivity index (χ0n) is 14.7. The molecular weight excluding hydrogens is 336 g/mol. The number of hydrazone groups is 1. The van der Waals surface area contributed by atoms with E-state index < -0.39 is 0 Å². The topological polar surface area (TPSA) is 58.7 Å². The Morgan fingerprint density at radius 2 is 1.93 bits per heavy atom. The molecular formula is C21H18N6. The molecule has 1 aliphatic rings. The second-order valence-corrected chi connectivity index (χ2v) is 6.59. The highest BCUT2D eigenvalue weighted by molar-refractivity contribution is 5.92. The van der Waals surface area contributed by atoms with Gasteiger partial charge in [0.1, 0.15) is 12.0 Å². The zero-order chi connectivity index (χ0) is 18.1. The molecule has 5 rings (SSSR count). The van der Waals surface area contributed by atoms with Crippen LogP contribution in [0.5, 0.6) is 0 Å². The van der Waals surface area contributed by atoms with Crippen molar-refractivity contribution in [3.8, 4) is 11.1 Å².